The molecule has 1 unspecified atom stereocenters. The Bertz CT molecular complexity index is 653. The van der Waals surface area contributed by atoms with Gasteiger partial charge in [-0.1, -0.05) is 12.8 Å². The molecule has 168 valence electrons. The van der Waals surface area contributed by atoms with E-state index in [4.69, 9.17) is 0 Å². The maximum atomic E-state index is 12.6. The minimum atomic E-state index is -2.83. The molecule has 8 nitrogen and oxygen atoms in total. The minimum absolute atomic E-state index is 0. The molecule has 2 heterocycles. The maximum Gasteiger partial charge on any atom is 0.225 e. The van der Waals surface area contributed by atoms with Crippen molar-refractivity contribution in [2.75, 3.05) is 57.3 Å². The Kier molecular flexibility index (Phi) is 9.93. The molecule has 3 rings (SSSR count). The van der Waals surface area contributed by atoms with Gasteiger partial charge in [0.15, 0.2) is 15.8 Å². The fourth-order valence-electron chi connectivity index (χ4n) is 4.30. The van der Waals surface area contributed by atoms with E-state index in [9.17, 15) is 13.2 Å². The third kappa shape index (κ3) is 7.54. The van der Waals surface area contributed by atoms with Crippen LogP contribution in [0, 0.1) is 5.92 Å². The first-order valence-electron chi connectivity index (χ1n) is 10.7. The first-order chi connectivity index (χ1) is 13.5. The summed E-state index contributed by atoms with van der Waals surface area (Å²) in [5.74, 6) is 1.87. The molecule has 1 atom stereocenters. The average molecular weight is 542 g/mol. The number of sulfone groups is 1. The standard InChI is InChI=1S/C19H35N5O3S.HI/c1-2-20-19(21-8-10-23-11-13-28(26,27)14-12-23)22-17-7-9-24(15-17)18(25)16-5-3-4-6-16;/h16-17H,2-15H2,1H3,(H2,20,21,22);1H. The molecule has 3 aliphatic rings. The number of halogens is 1. The lowest BCUT2D eigenvalue weighted by Gasteiger charge is -2.26. The van der Waals surface area contributed by atoms with Crippen molar-refractivity contribution in [1.29, 1.82) is 0 Å². The number of aliphatic imine (C=N–C) groups is 1. The number of likely N-dealkylation sites (tertiary alicyclic amines) is 1. The number of carbonyl (C=O) groups is 1. The van der Waals surface area contributed by atoms with Gasteiger partial charge >= 0.3 is 0 Å². The maximum absolute atomic E-state index is 12.6. The monoisotopic (exact) mass is 541 g/mol. The van der Waals surface area contributed by atoms with E-state index in [1.807, 2.05) is 11.8 Å². The number of amides is 1. The van der Waals surface area contributed by atoms with Gasteiger partial charge in [-0.15, -0.1) is 24.0 Å². The van der Waals surface area contributed by atoms with Gasteiger partial charge in [-0.3, -0.25) is 14.7 Å². The highest BCUT2D eigenvalue weighted by Crippen LogP contribution is 2.27. The summed E-state index contributed by atoms with van der Waals surface area (Å²) in [5.41, 5.74) is 0. The third-order valence-electron chi connectivity index (χ3n) is 6.01. The van der Waals surface area contributed by atoms with Crippen LogP contribution in [0.3, 0.4) is 0 Å². The van der Waals surface area contributed by atoms with Gasteiger partial charge in [-0.2, -0.15) is 0 Å². The Labute approximate surface area is 192 Å². The van der Waals surface area contributed by atoms with Crippen LogP contribution in [0.2, 0.25) is 0 Å². The zero-order chi connectivity index (χ0) is 20.0. The second kappa shape index (κ2) is 11.7. The Balaban J connectivity index is 0.00000300. The van der Waals surface area contributed by atoms with Crippen LogP contribution in [-0.2, 0) is 14.6 Å². The van der Waals surface area contributed by atoms with E-state index in [0.29, 0.717) is 25.5 Å². The highest BCUT2D eigenvalue weighted by atomic mass is 127. The summed E-state index contributed by atoms with van der Waals surface area (Å²) >= 11 is 0. The lowest BCUT2D eigenvalue weighted by Crippen LogP contribution is -2.46. The molecule has 2 saturated heterocycles. The molecule has 2 aliphatic heterocycles. The smallest absolute Gasteiger partial charge is 0.225 e. The largest absolute Gasteiger partial charge is 0.357 e. The van der Waals surface area contributed by atoms with Crippen LogP contribution >= 0.6 is 24.0 Å². The molecule has 0 aromatic carbocycles. The quantitative estimate of drug-likeness (QED) is 0.292. The molecule has 3 fully saturated rings. The first kappa shape index (κ1) is 24.6. The predicted molar refractivity (Wildman–Crippen MR) is 127 cm³/mol. The molecule has 0 aromatic rings. The summed E-state index contributed by atoms with van der Waals surface area (Å²) in [4.78, 5) is 21.4. The van der Waals surface area contributed by atoms with E-state index in [1.54, 1.807) is 0 Å². The Morgan fingerprint density at radius 3 is 2.45 bits per heavy atom. The summed E-state index contributed by atoms with van der Waals surface area (Å²) in [6.45, 7) is 7.00. The zero-order valence-electron chi connectivity index (χ0n) is 17.4. The van der Waals surface area contributed by atoms with Crippen molar-refractivity contribution in [3.05, 3.63) is 0 Å². The van der Waals surface area contributed by atoms with Crippen LogP contribution in [-0.4, -0.2) is 93.4 Å². The van der Waals surface area contributed by atoms with Crippen molar-refractivity contribution >= 4 is 45.7 Å². The van der Waals surface area contributed by atoms with E-state index in [2.05, 4.69) is 20.5 Å². The number of rotatable bonds is 6. The summed E-state index contributed by atoms with van der Waals surface area (Å²) in [5, 5.41) is 6.75. The van der Waals surface area contributed by atoms with Gasteiger partial charge in [-0.25, -0.2) is 8.42 Å². The number of hydrogen-bond donors (Lipinski definition) is 2. The summed E-state index contributed by atoms with van der Waals surface area (Å²) < 4.78 is 23.0. The van der Waals surface area contributed by atoms with Crippen molar-refractivity contribution in [2.45, 2.75) is 45.1 Å². The molecule has 0 bridgehead atoms. The number of guanidine groups is 1. The molecule has 1 saturated carbocycles. The third-order valence-corrected chi connectivity index (χ3v) is 7.62. The van der Waals surface area contributed by atoms with Gasteiger partial charge < -0.3 is 15.5 Å². The second-order valence-electron chi connectivity index (χ2n) is 8.15. The van der Waals surface area contributed by atoms with E-state index in [-0.39, 0.29) is 47.4 Å². The molecule has 1 amide bonds. The van der Waals surface area contributed by atoms with Crippen molar-refractivity contribution in [1.82, 2.24) is 20.4 Å². The van der Waals surface area contributed by atoms with E-state index < -0.39 is 9.84 Å². The Morgan fingerprint density at radius 2 is 1.79 bits per heavy atom. The van der Waals surface area contributed by atoms with Crippen molar-refractivity contribution < 1.29 is 13.2 Å². The van der Waals surface area contributed by atoms with Crippen LogP contribution in [0.15, 0.2) is 4.99 Å². The summed E-state index contributed by atoms with van der Waals surface area (Å²) in [7, 11) is -2.83. The first-order valence-corrected chi connectivity index (χ1v) is 12.6. The number of hydrogen-bond acceptors (Lipinski definition) is 5. The fourth-order valence-corrected chi connectivity index (χ4v) is 5.58. The van der Waals surface area contributed by atoms with Gasteiger partial charge in [0.1, 0.15) is 0 Å². The van der Waals surface area contributed by atoms with Crippen molar-refractivity contribution in [2.24, 2.45) is 10.9 Å². The van der Waals surface area contributed by atoms with Gasteiger partial charge in [-0.05, 0) is 26.2 Å². The molecule has 29 heavy (non-hydrogen) atoms. The van der Waals surface area contributed by atoms with Crippen LogP contribution in [0.25, 0.3) is 0 Å². The van der Waals surface area contributed by atoms with Crippen molar-refractivity contribution in [3.8, 4) is 0 Å². The molecule has 10 heteroatoms. The van der Waals surface area contributed by atoms with E-state index in [1.165, 1.54) is 12.8 Å². The normalized spacial score (nSPS) is 25.6. The highest BCUT2D eigenvalue weighted by molar-refractivity contribution is 14.0. The van der Waals surface area contributed by atoms with Crippen molar-refractivity contribution in [3.63, 3.8) is 0 Å². The van der Waals surface area contributed by atoms with Gasteiger partial charge in [0, 0.05) is 51.2 Å². The number of nitrogens with zero attached hydrogens (tertiary/aromatic N) is 3. The van der Waals surface area contributed by atoms with Gasteiger partial charge in [0.2, 0.25) is 5.91 Å². The van der Waals surface area contributed by atoms with Crippen LogP contribution in [0.1, 0.15) is 39.0 Å². The lowest BCUT2D eigenvalue weighted by atomic mass is 10.1. The van der Waals surface area contributed by atoms with E-state index >= 15 is 0 Å². The lowest BCUT2D eigenvalue weighted by molar-refractivity contribution is -0.134. The molecule has 0 radical (unpaired) electrons. The predicted octanol–water partition coefficient (Wildman–Crippen LogP) is 0.681. The summed E-state index contributed by atoms with van der Waals surface area (Å²) in [6, 6.07) is 0.239. The van der Waals surface area contributed by atoms with Crippen LogP contribution in [0.4, 0.5) is 0 Å². The minimum Gasteiger partial charge on any atom is -0.357 e. The van der Waals surface area contributed by atoms with Gasteiger partial charge in [0.05, 0.1) is 18.1 Å². The molecule has 0 spiro atoms. The number of carbonyl (C=O) groups excluding carboxylic acids is 1. The summed E-state index contributed by atoms with van der Waals surface area (Å²) in [6.07, 6.45) is 5.43. The average Bonchev–Trinajstić information content (AvgIpc) is 3.35. The Hall–Kier alpha value is -0.620. The van der Waals surface area contributed by atoms with E-state index in [0.717, 1.165) is 51.4 Å². The number of nitrogens with one attached hydrogen (secondary N) is 2. The second-order valence-corrected chi connectivity index (χ2v) is 10.5. The van der Waals surface area contributed by atoms with Gasteiger partial charge in [0.25, 0.3) is 0 Å². The molecule has 2 N–H and O–H groups in total. The molecular formula is C19H36IN5O3S. The topological polar surface area (TPSA) is 94.1 Å². The fraction of sp³-hybridized carbons (Fsp3) is 0.895. The Morgan fingerprint density at radius 1 is 1.10 bits per heavy atom. The van der Waals surface area contributed by atoms with Crippen LogP contribution in [0.5, 0.6) is 0 Å². The molecular weight excluding hydrogens is 505 g/mol. The van der Waals surface area contributed by atoms with Crippen LogP contribution < -0.4 is 10.6 Å². The highest BCUT2D eigenvalue weighted by Gasteiger charge is 2.32. The molecule has 0 aromatic heterocycles. The SMILES string of the molecule is CCNC(=NCCN1CCS(=O)(=O)CC1)NC1CCN(C(=O)C2CCCC2)C1.I. The molecule has 1 aliphatic carbocycles. The zero-order valence-corrected chi connectivity index (χ0v) is 20.6.